The number of epoxide rings is 2. The van der Waals surface area contributed by atoms with Gasteiger partial charge in [0.1, 0.15) is 18.3 Å². The fraction of sp³-hybridized carbons (Fsp3) is 1.00. The molecule has 0 aromatic heterocycles. The van der Waals surface area contributed by atoms with Gasteiger partial charge in [-0.1, -0.05) is 0 Å². The lowest BCUT2D eigenvalue weighted by Gasteiger charge is -2.09. The molecule has 5 nitrogen and oxygen atoms in total. The van der Waals surface area contributed by atoms with Crippen LogP contribution in [0.15, 0.2) is 0 Å². The molecule has 1 N–H and O–H groups in total. The van der Waals surface area contributed by atoms with Crippen molar-refractivity contribution in [2.75, 3.05) is 26.4 Å². The van der Waals surface area contributed by atoms with E-state index in [4.69, 9.17) is 18.9 Å². The van der Waals surface area contributed by atoms with Crippen molar-refractivity contribution in [2.24, 2.45) is 0 Å². The van der Waals surface area contributed by atoms with Crippen molar-refractivity contribution in [2.45, 2.75) is 31.5 Å². The zero-order valence-electron chi connectivity index (χ0n) is 8.22. The Kier molecular flexibility index (Phi) is 3.35. The fourth-order valence-corrected chi connectivity index (χ4v) is 1.09. The van der Waals surface area contributed by atoms with Crippen LogP contribution in [-0.2, 0) is 18.9 Å². The van der Waals surface area contributed by atoms with Crippen LogP contribution in [0.2, 0.25) is 0 Å². The number of hydrogen-bond acceptors (Lipinski definition) is 5. The molecule has 4 unspecified atom stereocenters. The van der Waals surface area contributed by atoms with Crippen molar-refractivity contribution >= 4 is 0 Å². The summed E-state index contributed by atoms with van der Waals surface area (Å²) in [6, 6.07) is 0. The molecule has 0 amide bonds. The second kappa shape index (κ2) is 4.55. The van der Waals surface area contributed by atoms with Crippen molar-refractivity contribution in [1.29, 1.82) is 0 Å². The molecule has 2 heterocycles. The van der Waals surface area contributed by atoms with E-state index in [1.807, 2.05) is 6.92 Å². The Hall–Kier alpha value is -0.200. The summed E-state index contributed by atoms with van der Waals surface area (Å²) in [5.74, 6) is 0. The SMILES string of the molecule is CC1OC1OCC(O)COCC1CO1. The lowest BCUT2D eigenvalue weighted by Crippen LogP contribution is -2.23. The fourth-order valence-electron chi connectivity index (χ4n) is 1.09. The first kappa shape index (κ1) is 10.3. The lowest BCUT2D eigenvalue weighted by molar-refractivity contribution is -0.0448. The minimum absolute atomic E-state index is 0.128. The molecule has 2 saturated heterocycles. The van der Waals surface area contributed by atoms with Crippen LogP contribution in [0.5, 0.6) is 0 Å². The molecule has 0 saturated carbocycles. The van der Waals surface area contributed by atoms with Gasteiger partial charge in [0.2, 0.25) is 0 Å². The smallest absolute Gasteiger partial charge is 0.184 e. The summed E-state index contributed by atoms with van der Waals surface area (Å²) in [6.45, 7) is 3.83. The predicted octanol–water partition coefficient (Wildman–Crippen LogP) is -0.476. The van der Waals surface area contributed by atoms with Gasteiger partial charge in [-0.25, -0.2) is 0 Å². The van der Waals surface area contributed by atoms with Gasteiger partial charge in [0, 0.05) is 0 Å². The Balaban J connectivity index is 1.43. The molecule has 0 bridgehead atoms. The third-order valence-corrected chi connectivity index (χ3v) is 2.12. The number of hydrogen-bond donors (Lipinski definition) is 1. The van der Waals surface area contributed by atoms with Crippen LogP contribution in [0.3, 0.4) is 0 Å². The third-order valence-electron chi connectivity index (χ3n) is 2.12. The van der Waals surface area contributed by atoms with Gasteiger partial charge in [0.25, 0.3) is 0 Å². The molecule has 2 aliphatic heterocycles. The van der Waals surface area contributed by atoms with Crippen LogP contribution in [-0.4, -0.2) is 56.1 Å². The molecule has 2 rings (SSSR count). The van der Waals surface area contributed by atoms with E-state index in [1.54, 1.807) is 0 Å². The van der Waals surface area contributed by atoms with Gasteiger partial charge >= 0.3 is 0 Å². The van der Waals surface area contributed by atoms with E-state index in [2.05, 4.69) is 0 Å². The monoisotopic (exact) mass is 204 g/mol. The zero-order chi connectivity index (χ0) is 9.97. The lowest BCUT2D eigenvalue weighted by atomic mass is 10.4. The third kappa shape index (κ3) is 3.51. The van der Waals surface area contributed by atoms with Crippen LogP contribution in [0.4, 0.5) is 0 Å². The van der Waals surface area contributed by atoms with E-state index in [9.17, 15) is 5.11 Å². The molecule has 0 aliphatic carbocycles. The van der Waals surface area contributed by atoms with Crippen molar-refractivity contribution in [3.8, 4) is 0 Å². The van der Waals surface area contributed by atoms with Crippen LogP contribution in [0.1, 0.15) is 6.92 Å². The van der Waals surface area contributed by atoms with Crippen LogP contribution in [0.25, 0.3) is 0 Å². The average Bonchev–Trinajstić information content (AvgIpc) is 3.01. The molecule has 2 fully saturated rings. The summed E-state index contributed by atoms with van der Waals surface area (Å²) in [4.78, 5) is 0. The summed E-state index contributed by atoms with van der Waals surface area (Å²) in [7, 11) is 0. The van der Waals surface area contributed by atoms with E-state index in [-0.39, 0.29) is 25.1 Å². The largest absolute Gasteiger partial charge is 0.388 e. The van der Waals surface area contributed by atoms with Crippen LogP contribution >= 0.6 is 0 Å². The molecule has 0 aromatic carbocycles. The summed E-state index contributed by atoms with van der Waals surface area (Å²) in [5, 5.41) is 9.40. The van der Waals surface area contributed by atoms with Gasteiger partial charge < -0.3 is 24.1 Å². The van der Waals surface area contributed by atoms with Crippen molar-refractivity contribution in [1.82, 2.24) is 0 Å². The maximum atomic E-state index is 9.40. The number of rotatable bonds is 7. The highest BCUT2D eigenvalue weighted by Gasteiger charge is 2.35. The molecule has 5 heteroatoms. The van der Waals surface area contributed by atoms with Gasteiger partial charge in [0.15, 0.2) is 6.29 Å². The highest BCUT2D eigenvalue weighted by atomic mass is 16.8. The minimum Gasteiger partial charge on any atom is -0.388 e. The molecular weight excluding hydrogens is 188 g/mol. The van der Waals surface area contributed by atoms with E-state index in [0.717, 1.165) is 6.61 Å². The Morgan fingerprint density at radius 3 is 2.79 bits per heavy atom. The molecule has 0 aromatic rings. The summed E-state index contributed by atoms with van der Waals surface area (Å²) in [5.41, 5.74) is 0. The molecular formula is C9H16O5. The van der Waals surface area contributed by atoms with E-state index < -0.39 is 6.10 Å². The highest BCUT2D eigenvalue weighted by molar-refractivity contribution is 4.71. The Bertz CT molecular complexity index is 182. The average molecular weight is 204 g/mol. The molecule has 2 aliphatic rings. The normalized spacial score (nSPS) is 36.9. The summed E-state index contributed by atoms with van der Waals surface area (Å²) >= 11 is 0. The van der Waals surface area contributed by atoms with Gasteiger partial charge in [-0.3, -0.25) is 0 Å². The first-order valence-corrected chi connectivity index (χ1v) is 4.90. The second-order valence-corrected chi connectivity index (χ2v) is 3.69. The number of ether oxygens (including phenoxy) is 4. The van der Waals surface area contributed by atoms with Crippen molar-refractivity contribution < 1.29 is 24.1 Å². The second-order valence-electron chi connectivity index (χ2n) is 3.69. The maximum Gasteiger partial charge on any atom is 0.184 e. The molecule has 0 radical (unpaired) electrons. The molecule has 0 spiro atoms. The quantitative estimate of drug-likeness (QED) is 0.568. The van der Waals surface area contributed by atoms with E-state index >= 15 is 0 Å². The van der Waals surface area contributed by atoms with Gasteiger partial charge in [-0.05, 0) is 6.92 Å². The Morgan fingerprint density at radius 1 is 1.50 bits per heavy atom. The minimum atomic E-state index is -0.579. The van der Waals surface area contributed by atoms with Crippen LogP contribution in [0, 0.1) is 0 Å². The molecule has 4 atom stereocenters. The standard InChI is InChI=1S/C9H16O5/c1-6-9(14-6)13-3-7(10)2-11-4-8-5-12-8/h6-10H,2-5H2,1H3. The predicted molar refractivity (Wildman–Crippen MR) is 46.9 cm³/mol. The van der Waals surface area contributed by atoms with Crippen molar-refractivity contribution in [3.05, 3.63) is 0 Å². The molecule has 14 heavy (non-hydrogen) atoms. The Labute approximate surface area is 82.9 Å². The first-order chi connectivity index (χ1) is 6.75. The highest BCUT2D eigenvalue weighted by Crippen LogP contribution is 2.21. The maximum absolute atomic E-state index is 9.40. The first-order valence-electron chi connectivity index (χ1n) is 4.90. The zero-order valence-corrected chi connectivity index (χ0v) is 8.22. The van der Waals surface area contributed by atoms with Crippen LogP contribution < -0.4 is 0 Å². The van der Waals surface area contributed by atoms with E-state index in [1.165, 1.54) is 0 Å². The van der Waals surface area contributed by atoms with Gasteiger partial charge in [0.05, 0.1) is 26.4 Å². The van der Waals surface area contributed by atoms with Gasteiger partial charge in [-0.15, -0.1) is 0 Å². The number of aliphatic hydroxyl groups is 1. The molecule has 82 valence electrons. The Morgan fingerprint density at radius 2 is 2.21 bits per heavy atom. The summed E-state index contributed by atoms with van der Waals surface area (Å²) in [6.07, 6.45) is -0.292. The number of aliphatic hydroxyl groups excluding tert-OH is 1. The van der Waals surface area contributed by atoms with Gasteiger partial charge in [-0.2, -0.15) is 0 Å². The topological polar surface area (TPSA) is 63.8 Å². The van der Waals surface area contributed by atoms with Crippen molar-refractivity contribution in [3.63, 3.8) is 0 Å². The van der Waals surface area contributed by atoms with E-state index in [0.29, 0.717) is 13.2 Å². The summed E-state index contributed by atoms with van der Waals surface area (Å²) < 4.78 is 20.4.